The lowest BCUT2D eigenvalue weighted by atomic mass is 10.1. The Labute approximate surface area is 161 Å². The molecule has 0 saturated carbocycles. The Morgan fingerprint density at radius 1 is 1.11 bits per heavy atom. The summed E-state index contributed by atoms with van der Waals surface area (Å²) in [6.45, 7) is 1.70. The van der Waals surface area contributed by atoms with Crippen LogP contribution in [0.1, 0.15) is 23.3 Å². The predicted molar refractivity (Wildman–Crippen MR) is 99.2 cm³/mol. The van der Waals surface area contributed by atoms with Gasteiger partial charge in [0.15, 0.2) is 17.3 Å². The summed E-state index contributed by atoms with van der Waals surface area (Å²) < 4.78 is 53.0. The van der Waals surface area contributed by atoms with Crippen LogP contribution in [0.25, 0.3) is 0 Å². The number of rotatable bonds is 7. The molecule has 3 rings (SSSR count). The van der Waals surface area contributed by atoms with Crippen LogP contribution in [0.3, 0.4) is 0 Å². The number of aryl methyl sites for hydroxylation is 1. The zero-order valence-corrected chi connectivity index (χ0v) is 16.2. The highest BCUT2D eigenvalue weighted by molar-refractivity contribution is 7.89. The third-order valence-electron chi connectivity index (χ3n) is 4.01. The van der Waals surface area contributed by atoms with Crippen molar-refractivity contribution in [1.29, 1.82) is 0 Å². The summed E-state index contributed by atoms with van der Waals surface area (Å²) in [5.74, 6) is -0.0545. The average Bonchev–Trinajstić information content (AvgIpc) is 3.12. The standard InChI is InChI=1S/C18H19FN4O4S/c1-11-20-18(22-21-11)17(12-7-5-4-6-8-12)23-28(24,25)16-10-15(27-3)14(26-2)9-13(16)19/h4-10,17,23H,1-3H3,(H,20,21,22). The number of aromatic amines is 1. The highest BCUT2D eigenvalue weighted by Gasteiger charge is 2.29. The van der Waals surface area contributed by atoms with E-state index in [-0.39, 0.29) is 17.3 Å². The molecule has 8 nitrogen and oxygen atoms in total. The topological polar surface area (TPSA) is 106 Å². The second kappa shape index (κ2) is 7.95. The van der Waals surface area contributed by atoms with Gasteiger partial charge in [0, 0.05) is 12.1 Å². The molecule has 3 aromatic rings. The van der Waals surface area contributed by atoms with Crippen LogP contribution in [0, 0.1) is 12.7 Å². The molecule has 0 aliphatic rings. The number of hydrogen-bond donors (Lipinski definition) is 2. The number of nitrogens with zero attached hydrogens (tertiary/aromatic N) is 2. The fourth-order valence-electron chi connectivity index (χ4n) is 2.66. The molecule has 1 heterocycles. The number of methoxy groups -OCH3 is 2. The SMILES string of the molecule is COc1cc(F)c(S(=O)(=O)NC(c2ccccc2)c2n[nH]c(C)n2)cc1OC. The molecule has 0 bridgehead atoms. The van der Waals surface area contributed by atoms with Crippen molar-refractivity contribution in [2.45, 2.75) is 17.9 Å². The van der Waals surface area contributed by atoms with E-state index in [0.29, 0.717) is 11.4 Å². The lowest BCUT2D eigenvalue weighted by molar-refractivity contribution is 0.350. The zero-order valence-electron chi connectivity index (χ0n) is 15.4. The van der Waals surface area contributed by atoms with Crippen LogP contribution < -0.4 is 14.2 Å². The molecule has 2 aromatic carbocycles. The number of ether oxygens (including phenoxy) is 2. The van der Waals surface area contributed by atoms with Gasteiger partial charge < -0.3 is 9.47 Å². The largest absolute Gasteiger partial charge is 0.493 e. The molecule has 148 valence electrons. The van der Waals surface area contributed by atoms with Gasteiger partial charge in [0.05, 0.1) is 14.2 Å². The van der Waals surface area contributed by atoms with E-state index < -0.39 is 26.8 Å². The van der Waals surface area contributed by atoms with Gasteiger partial charge in [-0.1, -0.05) is 30.3 Å². The van der Waals surface area contributed by atoms with Gasteiger partial charge in [-0.2, -0.15) is 9.82 Å². The fourth-order valence-corrected chi connectivity index (χ4v) is 3.92. The summed E-state index contributed by atoms with van der Waals surface area (Å²) in [4.78, 5) is 3.65. The van der Waals surface area contributed by atoms with Crippen molar-refractivity contribution in [2.24, 2.45) is 0 Å². The molecule has 1 aromatic heterocycles. The van der Waals surface area contributed by atoms with Crippen LogP contribution in [-0.2, 0) is 10.0 Å². The number of sulfonamides is 1. The quantitative estimate of drug-likeness (QED) is 0.624. The van der Waals surface area contributed by atoms with Crippen LogP contribution in [0.5, 0.6) is 11.5 Å². The zero-order chi connectivity index (χ0) is 20.3. The van der Waals surface area contributed by atoms with Gasteiger partial charge in [0.1, 0.15) is 22.6 Å². The molecule has 0 aliphatic heterocycles. The molecule has 0 saturated heterocycles. The minimum atomic E-state index is -4.29. The van der Waals surface area contributed by atoms with Crippen molar-refractivity contribution in [2.75, 3.05) is 14.2 Å². The Hall–Kier alpha value is -2.98. The summed E-state index contributed by atoms with van der Waals surface area (Å²) in [6, 6.07) is 9.88. The Balaban J connectivity index is 2.05. The van der Waals surface area contributed by atoms with E-state index in [9.17, 15) is 12.8 Å². The second-order valence-corrected chi connectivity index (χ2v) is 7.56. The van der Waals surface area contributed by atoms with Gasteiger partial charge in [0.25, 0.3) is 0 Å². The Morgan fingerprint density at radius 3 is 2.32 bits per heavy atom. The van der Waals surface area contributed by atoms with Gasteiger partial charge >= 0.3 is 0 Å². The number of aromatic nitrogens is 3. The molecule has 0 aliphatic carbocycles. The normalized spacial score (nSPS) is 12.6. The maximum absolute atomic E-state index is 14.5. The van der Waals surface area contributed by atoms with E-state index in [4.69, 9.17) is 9.47 Å². The smallest absolute Gasteiger partial charge is 0.244 e. The van der Waals surface area contributed by atoms with Crippen LogP contribution in [0.4, 0.5) is 4.39 Å². The van der Waals surface area contributed by atoms with Crippen LogP contribution in [-0.4, -0.2) is 37.8 Å². The fraction of sp³-hybridized carbons (Fsp3) is 0.222. The van der Waals surface area contributed by atoms with Crippen molar-refractivity contribution >= 4 is 10.0 Å². The van der Waals surface area contributed by atoms with E-state index in [2.05, 4.69) is 19.9 Å². The summed E-state index contributed by atoms with van der Waals surface area (Å²) in [7, 11) is -1.62. The van der Waals surface area contributed by atoms with E-state index in [0.717, 1.165) is 12.1 Å². The van der Waals surface area contributed by atoms with Crippen molar-refractivity contribution in [3.05, 3.63) is 65.5 Å². The number of hydrogen-bond acceptors (Lipinski definition) is 6. The number of benzene rings is 2. The van der Waals surface area contributed by atoms with Crippen LogP contribution in [0.15, 0.2) is 47.4 Å². The van der Waals surface area contributed by atoms with Crippen molar-refractivity contribution in [3.8, 4) is 11.5 Å². The van der Waals surface area contributed by atoms with Gasteiger partial charge in [-0.15, -0.1) is 0 Å². The first-order chi connectivity index (χ1) is 13.4. The molecule has 0 fully saturated rings. The van der Waals surface area contributed by atoms with Crippen LogP contribution >= 0.6 is 0 Å². The molecule has 2 N–H and O–H groups in total. The summed E-state index contributed by atoms with van der Waals surface area (Å²) in [5.41, 5.74) is 0.603. The van der Waals surface area contributed by atoms with Crippen LogP contribution in [0.2, 0.25) is 0 Å². The minimum absolute atomic E-state index is 0.0863. The lowest BCUT2D eigenvalue weighted by Gasteiger charge is -2.18. The summed E-state index contributed by atoms with van der Waals surface area (Å²) in [6.07, 6.45) is 0. The van der Waals surface area contributed by atoms with Gasteiger partial charge in [-0.3, -0.25) is 5.10 Å². The number of halogens is 1. The van der Waals surface area contributed by atoms with E-state index in [1.807, 2.05) is 0 Å². The average molecular weight is 406 g/mol. The number of nitrogens with one attached hydrogen (secondary N) is 2. The first-order valence-corrected chi connectivity index (χ1v) is 9.71. The summed E-state index contributed by atoms with van der Waals surface area (Å²) in [5, 5.41) is 6.73. The van der Waals surface area contributed by atoms with Gasteiger partial charge in [-0.05, 0) is 12.5 Å². The first-order valence-electron chi connectivity index (χ1n) is 8.23. The van der Waals surface area contributed by atoms with E-state index >= 15 is 0 Å². The maximum Gasteiger partial charge on any atom is 0.244 e. The highest BCUT2D eigenvalue weighted by Crippen LogP contribution is 2.32. The van der Waals surface area contributed by atoms with Crippen molar-refractivity contribution in [1.82, 2.24) is 19.9 Å². The lowest BCUT2D eigenvalue weighted by Crippen LogP contribution is -2.31. The maximum atomic E-state index is 14.5. The second-order valence-electron chi connectivity index (χ2n) is 5.88. The van der Waals surface area contributed by atoms with Gasteiger partial charge in [0.2, 0.25) is 10.0 Å². The molecular weight excluding hydrogens is 387 g/mol. The minimum Gasteiger partial charge on any atom is -0.493 e. The van der Waals surface area contributed by atoms with Crippen molar-refractivity contribution < 1.29 is 22.3 Å². The van der Waals surface area contributed by atoms with Crippen molar-refractivity contribution in [3.63, 3.8) is 0 Å². The van der Waals surface area contributed by atoms with Gasteiger partial charge in [-0.25, -0.2) is 17.8 Å². The molecule has 1 atom stereocenters. The molecule has 10 heteroatoms. The third kappa shape index (κ3) is 3.97. The third-order valence-corrected chi connectivity index (χ3v) is 5.44. The molecule has 1 unspecified atom stereocenters. The number of H-pyrrole nitrogens is 1. The molecular formula is C18H19FN4O4S. The molecule has 0 radical (unpaired) electrons. The molecule has 0 spiro atoms. The molecule has 28 heavy (non-hydrogen) atoms. The summed E-state index contributed by atoms with van der Waals surface area (Å²) >= 11 is 0. The Kier molecular flexibility index (Phi) is 5.61. The highest BCUT2D eigenvalue weighted by atomic mass is 32.2. The Bertz CT molecular complexity index is 1070. The van der Waals surface area contributed by atoms with E-state index in [1.165, 1.54) is 14.2 Å². The Morgan fingerprint density at radius 2 is 1.75 bits per heavy atom. The predicted octanol–water partition coefficient (Wildman–Crippen LogP) is 2.34. The molecule has 0 amide bonds. The van der Waals surface area contributed by atoms with E-state index in [1.54, 1.807) is 37.3 Å². The first kappa shape index (κ1) is 19.8. The monoisotopic (exact) mass is 406 g/mol.